The van der Waals surface area contributed by atoms with E-state index in [9.17, 15) is 18.0 Å². The largest absolute Gasteiger partial charge is 0.468 e. The summed E-state index contributed by atoms with van der Waals surface area (Å²) in [6.45, 7) is -0.681. The Bertz CT molecular complexity index is 798. The molecule has 3 heterocycles. The van der Waals surface area contributed by atoms with Crippen LogP contribution in [-0.4, -0.2) is 40.1 Å². The van der Waals surface area contributed by atoms with Crippen LogP contribution in [0.1, 0.15) is 21.6 Å². The van der Waals surface area contributed by atoms with E-state index in [0.717, 1.165) is 0 Å². The number of carbonyl (C=O) groups excluding carboxylic acids is 1. The van der Waals surface area contributed by atoms with Crippen LogP contribution in [0.25, 0.3) is 0 Å². The fraction of sp³-hybridized carbons (Fsp3) is 0.312. The van der Waals surface area contributed by atoms with Crippen molar-refractivity contribution in [1.29, 1.82) is 0 Å². The van der Waals surface area contributed by atoms with Crippen LogP contribution in [-0.2, 0) is 13.0 Å². The van der Waals surface area contributed by atoms with E-state index in [2.05, 4.69) is 14.7 Å². The van der Waals surface area contributed by atoms with Crippen LogP contribution in [0.4, 0.5) is 13.2 Å². The lowest BCUT2D eigenvalue weighted by atomic mass is 10.2. The van der Waals surface area contributed by atoms with E-state index in [4.69, 9.17) is 11.6 Å². The molecule has 3 rings (SSSR count). The second-order valence-electron chi connectivity index (χ2n) is 5.48. The summed E-state index contributed by atoms with van der Waals surface area (Å²) in [5.41, 5.74) is 1.74. The summed E-state index contributed by atoms with van der Waals surface area (Å²) in [7, 11) is 0. The molecule has 2 aromatic rings. The Hall–Kier alpha value is -2.35. The van der Waals surface area contributed by atoms with Gasteiger partial charge in [0.25, 0.3) is 5.91 Å². The molecule has 0 saturated carbocycles. The number of aromatic nitrogens is 2. The van der Waals surface area contributed by atoms with Crippen molar-refractivity contribution in [3.05, 3.63) is 52.4 Å². The van der Waals surface area contributed by atoms with Gasteiger partial charge in [0, 0.05) is 48.6 Å². The normalized spacial score (nSPS) is 13.9. The predicted molar refractivity (Wildman–Crippen MR) is 83.5 cm³/mol. The molecule has 0 spiro atoms. The molecule has 9 heteroatoms. The molecule has 0 radical (unpaired) electrons. The summed E-state index contributed by atoms with van der Waals surface area (Å²) >= 11 is 6.00. The van der Waals surface area contributed by atoms with Crippen molar-refractivity contribution in [1.82, 2.24) is 14.9 Å². The van der Waals surface area contributed by atoms with Crippen LogP contribution < -0.4 is 4.74 Å². The summed E-state index contributed by atoms with van der Waals surface area (Å²) < 4.78 is 41.2. The van der Waals surface area contributed by atoms with Gasteiger partial charge in [0.2, 0.25) is 5.88 Å². The lowest BCUT2D eigenvalue weighted by molar-refractivity contribution is -0.154. The molecule has 0 unspecified atom stereocenters. The lowest BCUT2D eigenvalue weighted by Gasteiger charge is -2.15. The maximum atomic E-state index is 12.3. The molecule has 5 nitrogen and oxygen atoms in total. The second kappa shape index (κ2) is 6.87. The minimum atomic E-state index is -4.42. The molecular weight excluding hydrogens is 359 g/mol. The van der Waals surface area contributed by atoms with E-state index in [1.165, 1.54) is 12.3 Å². The Kier molecular flexibility index (Phi) is 4.80. The van der Waals surface area contributed by atoms with Gasteiger partial charge < -0.3 is 9.64 Å². The van der Waals surface area contributed by atoms with Crippen molar-refractivity contribution in [3.8, 4) is 5.88 Å². The maximum absolute atomic E-state index is 12.3. The number of fused-ring (bicyclic) bond motifs is 1. The van der Waals surface area contributed by atoms with E-state index < -0.39 is 12.8 Å². The first-order valence-corrected chi connectivity index (χ1v) is 7.79. The van der Waals surface area contributed by atoms with Crippen molar-refractivity contribution in [2.45, 2.75) is 19.1 Å². The zero-order valence-corrected chi connectivity index (χ0v) is 13.6. The monoisotopic (exact) mass is 371 g/mol. The third kappa shape index (κ3) is 4.19. The van der Waals surface area contributed by atoms with Gasteiger partial charge in [-0.15, -0.1) is 0 Å². The average Bonchev–Trinajstić information content (AvgIpc) is 2.89. The molecular formula is C16H13ClF3N3O2. The number of halogens is 4. The minimum absolute atomic E-state index is 0.0990. The van der Waals surface area contributed by atoms with Gasteiger partial charge in [0.15, 0.2) is 6.61 Å². The summed E-state index contributed by atoms with van der Waals surface area (Å²) in [4.78, 5) is 21.9. The number of carbonyl (C=O) groups is 1. The number of hydrogen-bond donors (Lipinski definition) is 0. The van der Waals surface area contributed by atoms with Crippen LogP contribution in [0.3, 0.4) is 0 Å². The van der Waals surface area contributed by atoms with Gasteiger partial charge in [-0.05, 0) is 12.1 Å². The molecule has 2 aromatic heterocycles. The van der Waals surface area contributed by atoms with Gasteiger partial charge in [0.05, 0.1) is 0 Å². The fourth-order valence-electron chi connectivity index (χ4n) is 2.51. The highest BCUT2D eigenvalue weighted by Gasteiger charge is 2.30. The molecule has 132 valence electrons. The van der Waals surface area contributed by atoms with Gasteiger partial charge in [-0.2, -0.15) is 13.2 Å². The molecule has 0 bridgehead atoms. The Morgan fingerprint density at radius 2 is 2.08 bits per heavy atom. The van der Waals surface area contributed by atoms with E-state index >= 15 is 0 Å². The molecule has 0 atom stereocenters. The first-order chi connectivity index (χ1) is 11.8. The number of amides is 1. The van der Waals surface area contributed by atoms with Gasteiger partial charge in [-0.1, -0.05) is 17.7 Å². The molecule has 0 fully saturated rings. The second-order valence-corrected chi connectivity index (χ2v) is 5.83. The fourth-order valence-corrected chi connectivity index (χ4v) is 2.73. The van der Waals surface area contributed by atoms with Crippen LogP contribution >= 0.6 is 11.6 Å². The Morgan fingerprint density at radius 1 is 1.28 bits per heavy atom. The predicted octanol–water partition coefficient (Wildman–Crippen LogP) is 3.27. The molecule has 0 aromatic carbocycles. The molecule has 0 aliphatic carbocycles. The van der Waals surface area contributed by atoms with E-state index in [0.29, 0.717) is 41.5 Å². The number of ether oxygens (including phenoxy) is 1. The van der Waals surface area contributed by atoms with Gasteiger partial charge in [0.1, 0.15) is 5.15 Å². The number of hydrogen-bond acceptors (Lipinski definition) is 4. The third-order valence-electron chi connectivity index (χ3n) is 3.67. The highest BCUT2D eigenvalue weighted by molar-refractivity contribution is 6.30. The Morgan fingerprint density at radius 3 is 2.80 bits per heavy atom. The summed E-state index contributed by atoms with van der Waals surface area (Å²) in [5, 5.41) is 0.300. The summed E-state index contributed by atoms with van der Waals surface area (Å²) in [6.07, 6.45) is -2.56. The van der Waals surface area contributed by atoms with Gasteiger partial charge >= 0.3 is 6.18 Å². The van der Waals surface area contributed by atoms with Crippen molar-refractivity contribution in [2.75, 3.05) is 13.2 Å². The van der Waals surface area contributed by atoms with E-state index in [1.807, 2.05) is 0 Å². The average molecular weight is 372 g/mol. The van der Waals surface area contributed by atoms with Crippen molar-refractivity contribution in [2.24, 2.45) is 0 Å². The van der Waals surface area contributed by atoms with Crippen molar-refractivity contribution >= 4 is 17.5 Å². The molecule has 1 aliphatic heterocycles. The van der Waals surface area contributed by atoms with Crippen molar-refractivity contribution in [3.63, 3.8) is 0 Å². The highest BCUT2D eigenvalue weighted by atomic mass is 35.5. The van der Waals surface area contributed by atoms with Crippen molar-refractivity contribution < 1.29 is 22.7 Å². The summed E-state index contributed by atoms with van der Waals surface area (Å²) in [6, 6.07) is 6.21. The third-order valence-corrected chi connectivity index (χ3v) is 4.00. The standard InChI is InChI=1S/C16H13ClF3N3O2/c17-14-12-8-23(15(24)11(12)4-6-21-14)7-5-10-2-1-3-13(22-10)25-9-16(18,19)20/h1-4,6H,5,7-9H2. The number of pyridine rings is 2. The first-order valence-electron chi connectivity index (χ1n) is 7.41. The Labute approximate surface area is 146 Å². The van der Waals surface area contributed by atoms with E-state index in [-0.39, 0.29) is 11.8 Å². The van der Waals surface area contributed by atoms with Crippen LogP contribution in [0.15, 0.2) is 30.5 Å². The molecule has 0 N–H and O–H groups in total. The number of rotatable bonds is 5. The SMILES string of the molecule is O=C1c2ccnc(Cl)c2CN1CCc1cccc(OCC(F)(F)F)n1. The quantitative estimate of drug-likeness (QED) is 0.757. The number of nitrogens with zero attached hydrogens (tertiary/aromatic N) is 3. The topological polar surface area (TPSA) is 55.3 Å². The molecule has 0 saturated heterocycles. The minimum Gasteiger partial charge on any atom is -0.468 e. The zero-order valence-electron chi connectivity index (χ0n) is 12.9. The summed E-state index contributed by atoms with van der Waals surface area (Å²) in [5.74, 6) is -0.248. The smallest absolute Gasteiger partial charge is 0.422 e. The number of alkyl halides is 3. The van der Waals surface area contributed by atoms with E-state index in [1.54, 1.807) is 23.1 Å². The first kappa shape index (κ1) is 17.5. The van der Waals surface area contributed by atoms with Crippen LogP contribution in [0.5, 0.6) is 5.88 Å². The molecule has 1 aliphatic rings. The lowest BCUT2D eigenvalue weighted by Crippen LogP contribution is -2.26. The van der Waals surface area contributed by atoms with Crippen LogP contribution in [0.2, 0.25) is 5.15 Å². The van der Waals surface area contributed by atoms with Crippen LogP contribution in [0, 0.1) is 0 Å². The maximum Gasteiger partial charge on any atom is 0.422 e. The zero-order chi connectivity index (χ0) is 18.0. The Balaban J connectivity index is 1.61. The van der Waals surface area contributed by atoms with Gasteiger partial charge in [-0.3, -0.25) is 4.79 Å². The molecule has 25 heavy (non-hydrogen) atoms. The molecule has 1 amide bonds. The van der Waals surface area contributed by atoms with Gasteiger partial charge in [-0.25, -0.2) is 9.97 Å². The highest BCUT2D eigenvalue weighted by Crippen LogP contribution is 2.27.